The van der Waals surface area contributed by atoms with Crippen LogP contribution in [0.2, 0.25) is 0 Å². The van der Waals surface area contributed by atoms with E-state index in [2.05, 4.69) is 5.32 Å². The topological polar surface area (TPSA) is 12.0 Å². The summed E-state index contributed by atoms with van der Waals surface area (Å²) in [5, 5.41) is 2.56. The molecule has 0 radical (unpaired) electrons. The van der Waals surface area contributed by atoms with E-state index in [9.17, 15) is 13.2 Å². The second-order valence-corrected chi connectivity index (χ2v) is 2.99. The Morgan fingerprint density at radius 2 is 1.79 bits per heavy atom. The van der Waals surface area contributed by atoms with Crippen LogP contribution in [0, 0.1) is 5.82 Å². The van der Waals surface area contributed by atoms with Gasteiger partial charge < -0.3 is 5.32 Å². The quantitative estimate of drug-likeness (QED) is 0.792. The maximum Gasteiger partial charge on any atom is 0.285 e. The van der Waals surface area contributed by atoms with Crippen molar-refractivity contribution in [2.75, 3.05) is 13.1 Å². The van der Waals surface area contributed by atoms with Crippen LogP contribution in [0.5, 0.6) is 0 Å². The third-order valence-electron chi connectivity index (χ3n) is 1.86. The largest absolute Gasteiger partial charge is 0.311 e. The van der Waals surface area contributed by atoms with Crippen molar-refractivity contribution >= 4 is 0 Å². The summed E-state index contributed by atoms with van der Waals surface area (Å²) in [6.45, 7) is 1.81. The van der Waals surface area contributed by atoms with Crippen molar-refractivity contribution < 1.29 is 13.2 Å². The number of halogens is 3. The van der Waals surface area contributed by atoms with Crippen LogP contribution < -0.4 is 5.32 Å². The van der Waals surface area contributed by atoms with E-state index < -0.39 is 18.3 Å². The molecule has 78 valence electrons. The smallest absolute Gasteiger partial charge is 0.285 e. The standard InChI is InChI=1S/C10H12F3N/c1-2-14-7-10(12,13)8-3-5-9(11)6-4-8/h3-6,14H,2,7H2,1H3. The van der Waals surface area contributed by atoms with Crippen molar-refractivity contribution in [1.82, 2.24) is 5.32 Å². The Labute approximate surface area is 80.9 Å². The summed E-state index contributed by atoms with van der Waals surface area (Å²) < 4.78 is 39.0. The number of alkyl halides is 2. The fraction of sp³-hybridized carbons (Fsp3) is 0.400. The number of likely N-dealkylation sites (N-methyl/N-ethyl adjacent to an activating group) is 1. The summed E-state index contributed by atoms with van der Waals surface area (Å²) in [7, 11) is 0. The van der Waals surface area contributed by atoms with Crippen LogP contribution in [0.4, 0.5) is 13.2 Å². The molecule has 1 rings (SSSR count). The third-order valence-corrected chi connectivity index (χ3v) is 1.86. The van der Waals surface area contributed by atoms with Crippen molar-refractivity contribution in [2.45, 2.75) is 12.8 Å². The highest BCUT2D eigenvalue weighted by Crippen LogP contribution is 2.26. The Morgan fingerprint density at radius 1 is 1.21 bits per heavy atom. The summed E-state index contributed by atoms with van der Waals surface area (Å²) in [4.78, 5) is 0. The number of hydrogen-bond donors (Lipinski definition) is 1. The van der Waals surface area contributed by atoms with E-state index in [0.29, 0.717) is 6.54 Å². The molecule has 0 unspecified atom stereocenters. The van der Waals surface area contributed by atoms with Crippen molar-refractivity contribution in [3.8, 4) is 0 Å². The Balaban J connectivity index is 2.75. The minimum absolute atomic E-state index is 0.167. The van der Waals surface area contributed by atoms with Gasteiger partial charge in [0.2, 0.25) is 0 Å². The SMILES string of the molecule is CCNCC(F)(F)c1ccc(F)cc1. The summed E-state index contributed by atoms with van der Waals surface area (Å²) in [5.74, 6) is -3.45. The molecule has 0 aliphatic rings. The molecule has 1 N–H and O–H groups in total. The molecule has 1 aromatic carbocycles. The molecule has 4 heteroatoms. The molecule has 0 fully saturated rings. The van der Waals surface area contributed by atoms with Crippen LogP contribution in [-0.4, -0.2) is 13.1 Å². The maximum atomic E-state index is 13.3. The molecular formula is C10H12F3N. The number of hydrogen-bond acceptors (Lipinski definition) is 1. The fourth-order valence-electron chi connectivity index (χ4n) is 1.08. The van der Waals surface area contributed by atoms with Gasteiger partial charge in [-0.25, -0.2) is 4.39 Å². The Hall–Kier alpha value is -1.03. The van der Waals surface area contributed by atoms with E-state index in [0.717, 1.165) is 24.3 Å². The van der Waals surface area contributed by atoms with E-state index in [1.807, 2.05) is 0 Å². The molecular weight excluding hydrogens is 191 g/mol. The van der Waals surface area contributed by atoms with Gasteiger partial charge in [0.1, 0.15) is 5.82 Å². The molecule has 0 aliphatic heterocycles. The monoisotopic (exact) mass is 203 g/mol. The third kappa shape index (κ3) is 2.73. The number of nitrogens with one attached hydrogen (secondary N) is 1. The molecule has 0 saturated carbocycles. The average molecular weight is 203 g/mol. The van der Waals surface area contributed by atoms with E-state index in [-0.39, 0.29) is 5.56 Å². The first-order valence-electron chi connectivity index (χ1n) is 4.41. The zero-order valence-electron chi connectivity index (χ0n) is 7.86. The number of rotatable bonds is 4. The molecule has 0 heterocycles. The molecule has 0 aromatic heterocycles. The molecule has 0 aliphatic carbocycles. The normalized spacial score (nSPS) is 11.7. The highest BCUT2D eigenvalue weighted by atomic mass is 19.3. The highest BCUT2D eigenvalue weighted by Gasteiger charge is 2.30. The van der Waals surface area contributed by atoms with E-state index in [1.54, 1.807) is 6.92 Å². The summed E-state index contributed by atoms with van der Waals surface area (Å²) in [6, 6.07) is 4.28. The van der Waals surface area contributed by atoms with Gasteiger partial charge in [0.25, 0.3) is 5.92 Å². The Morgan fingerprint density at radius 3 is 2.29 bits per heavy atom. The summed E-state index contributed by atoms with van der Waals surface area (Å²) >= 11 is 0. The van der Waals surface area contributed by atoms with Gasteiger partial charge in [0.05, 0.1) is 6.54 Å². The molecule has 0 saturated heterocycles. The average Bonchev–Trinajstić information content (AvgIpc) is 2.16. The molecule has 1 aromatic rings. The lowest BCUT2D eigenvalue weighted by Crippen LogP contribution is -2.30. The van der Waals surface area contributed by atoms with Crippen molar-refractivity contribution in [3.63, 3.8) is 0 Å². The lowest BCUT2D eigenvalue weighted by atomic mass is 10.1. The van der Waals surface area contributed by atoms with Crippen molar-refractivity contribution in [1.29, 1.82) is 0 Å². The molecule has 0 atom stereocenters. The molecule has 1 nitrogen and oxygen atoms in total. The fourth-order valence-corrected chi connectivity index (χ4v) is 1.08. The lowest BCUT2D eigenvalue weighted by Gasteiger charge is -2.16. The summed E-state index contributed by atoms with van der Waals surface area (Å²) in [5.41, 5.74) is -0.167. The lowest BCUT2D eigenvalue weighted by molar-refractivity contribution is -0.00265. The zero-order chi connectivity index (χ0) is 10.6. The van der Waals surface area contributed by atoms with Crippen LogP contribution in [0.15, 0.2) is 24.3 Å². The van der Waals surface area contributed by atoms with Gasteiger partial charge in [0, 0.05) is 5.56 Å². The Kier molecular flexibility index (Phi) is 3.52. The Bertz CT molecular complexity index is 282. The van der Waals surface area contributed by atoms with Gasteiger partial charge in [-0.3, -0.25) is 0 Å². The van der Waals surface area contributed by atoms with Crippen molar-refractivity contribution in [3.05, 3.63) is 35.6 Å². The highest BCUT2D eigenvalue weighted by molar-refractivity contribution is 5.21. The van der Waals surface area contributed by atoms with Gasteiger partial charge in [-0.15, -0.1) is 0 Å². The molecule has 0 spiro atoms. The second kappa shape index (κ2) is 4.46. The van der Waals surface area contributed by atoms with Crippen LogP contribution in [0.1, 0.15) is 12.5 Å². The zero-order valence-corrected chi connectivity index (χ0v) is 7.86. The first-order chi connectivity index (χ1) is 6.56. The van der Waals surface area contributed by atoms with E-state index >= 15 is 0 Å². The van der Waals surface area contributed by atoms with E-state index in [4.69, 9.17) is 0 Å². The predicted octanol–water partition coefficient (Wildman–Crippen LogP) is 2.53. The van der Waals surface area contributed by atoms with Crippen LogP contribution in [-0.2, 0) is 5.92 Å². The van der Waals surface area contributed by atoms with Crippen LogP contribution in [0.3, 0.4) is 0 Å². The maximum absolute atomic E-state index is 13.3. The van der Waals surface area contributed by atoms with Gasteiger partial charge in [-0.2, -0.15) is 8.78 Å². The van der Waals surface area contributed by atoms with Crippen LogP contribution in [0.25, 0.3) is 0 Å². The first kappa shape index (κ1) is 11.0. The first-order valence-corrected chi connectivity index (χ1v) is 4.41. The minimum atomic E-state index is -2.94. The van der Waals surface area contributed by atoms with E-state index in [1.165, 1.54) is 0 Å². The molecule has 0 amide bonds. The summed E-state index contributed by atoms with van der Waals surface area (Å²) in [6.07, 6.45) is 0. The van der Waals surface area contributed by atoms with Gasteiger partial charge in [-0.05, 0) is 18.7 Å². The number of benzene rings is 1. The minimum Gasteiger partial charge on any atom is -0.311 e. The van der Waals surface area contributed by atoms with Gasteiger partial charge in [0.15, 0.2) is 0 Å². The van der Waals surface area contributed by atoms with Gasteiger partial charge in [-0.1, -0.05) is 19.1 Å². The predicted molar refractivity (Wildman–Crippen MR) is 48.8 cm³/mol. The van der Waals surface area contributed by atoms with Gasteiger partial charge >= 0.3 is 0 Å². The molecule has 0 bridgehead atoms. The second-order valence-electron chi connectivity index (χ2n) is 2.99. The molecule has 14 heavy (non-hydrogen) atoms. The van der Waals surface area contributed by atoms with Crippen molar-refractivity contribution in [2.24, 2.45) is 0 Å². The van der Waals surface area contributed by atoms with Crippen LogP contribution >= 0.6 is 0 Å².